The lowest BCUT2D eigenvalue weighted by Crippen LogP contribution is -2.50. The summed E-state index contributed by atoms with van der Waals surface area (Å²) in [7, 11) is 0. The number of piperidine rings is 1. The molecule has 178 valence electrons. The Hall–Kier alpha value is -2.49. The van der Waals surface area contributed by atoms with Gasteiger partial charge in [0.05, 0.1) is 12.2 Å². The van der Waals surface area contributed by atoms with Gasteiger partial charge in [0.15, 0.2) is 0 Å². The number of imide groups is 1. The van der Waals surface area contributed by atoms with Crippen LogP contribution >= 0.6 is 0 Å². The molecule has 4 amide bonds. The largest absolute Gasteiger partial charge is 0.373 e. The lowest BCUT2D eigenvalue weighted by Gasteiger charge is -2.39. The van der Waals surface area contributed by atoms with E-state index in [1.54, 1.807) is 11.0 Å². The molecule has 2 N–H and O–H groups in total. The van der Waals surface area contributed by atoms with Crippen LogP contribution in [0.1, 0.15) is 41.6 Å². The van der Waals surface area contributed by atoms with Crippen molar-refractivity contribution in [2.75, 3.05) is 57.3 Å². The summed E-state index contributed by atoms with van der Waals surface area (Å²) in [6.45, 7) is 8.60. The fourth-order valence-corrected chi connectivity index (χ4v) is 5.58. The molecule has 4 saturated heterocycles. The first-order valence-electron chi connectivity index (χ1n) is 12.0. The average molecular weight is 456 g/mol. The maximum Gasteiger partial charge on any atom is 0.328 e. The number of carbonyl (C=O) groups excluding carboxylic acids is 3. The second kappa shape index (κ2) is 9.04. The zero-order valence-corrected chi connectivity index (χ0v) is 19.3. The molecule has 1 aromatic rings. The van der Waals surface area contributed by atoms with Crippen molar-refractivity contribution in [3.63, 3.8) is 0 Å². The zero-order valence-electron chi connectivity index (χ0n) is 19.3. The van der Waals surface area contributed by atoms with E-state index in [1.807, 2.05) is 24.0 Å². The van der Waals surface area contributed by atoms with E-state index in [9.17, 15) is 14.4 Å². The normalized spacial score (nSPS) is 26.0. The van der Waals surface area contributed by atoms with Crippen molar-refractivity contribution in [2.45, 2.75) is 44.2 Å². The van der Waals surface area contributed by atoms with Gasteiger partial charge in [0.1, 0.15) is 0 Å². The molecule has 4 aliphatic heterocycles. The van der Waals surface area contributed by atoms with Gasteiger partial charge in [-0.1, -0.05) is 6.07 Å². The standard InChI is InChI=1S/C24H33N5O4/c1-17-2-3-18(14-20(17)29-9-4-21(30)26-23(29)32)22(31)28-10-5-24(6-11-28)15-19(16-33-24)27-12-7-25-8-13-27/h2-3,14,19,25H,4-13,15-16H2,1H3,(H,26,30,32)/t19-/m0/s1. The molecule has 1 aromatic carbocycles. The lowest BCUT2D eigenvalue weighted by atomic mass is 9.86. The summed E-state index contributed by atoms with van der Waals surface area (Å²) in [6, 6.07) is 5.53. The van der Waals surface area contributed by atoms with Crippen LogP contribution in [0.5, 0.6) is 0 Å². The van der Waals surface area contributed by atoms with Gasteiger partial charge in [-0.25, -0.2) is 4.79 Å². The Bertz CT molecular complexity index is 937. The van der Waals surface area contributed by atoms with Crippen LogP contribution in [0.4, 0.5) is 10.5 Å². The van der Waals surface area contributed by atoms with Crippen molar-refractivity contribution in [2.24, 2.45) is 0 Å². The Morgan fingerprint density at radius 1 is 1.09 bits per heavy atom. The second-order valence-electron chi connectivity index (χ2n) is 9.69. The lowest BCUT2D eigenvalue weighted by molar-refractivity contribution is -0.120. The van der Waals surface area contributed by atoms with Gasteiger partial charge >= 0.3 is 6.03 Å². The minimum atomic E-state index is -0.434. The summed E-state index contributed by atoms with van der Waals surface area (Å²) >= 11 is 0. The minimum absolute atomic E-state index is 0.0174. The number of anilines is 1. The Morgan fingerprint density at radius 3 is 2.58 bits per heavy atom. The number of nitrogens with one attached hydrogen (secondary N) is 2. The Balaban J connectivity index is 1.22. The number of benzene rings is 1. The molecular weight excluding hydrogens is 422 g/mol. The average Bonchev–Trinajstić information content (AvgIpc) is 3.24. The van der Waals surface area contributed by atoms with Crippen LogP contribution < -0.4 is 15.5 Å². The van der Waals surface area contributed by atoms with Gasteiger partial charge < -0.3 is 15.0 Å². The van der Waals surface area contributed by atoms with Crippen LogP contribution in [0.25, 0.3) is 0 Å². The van der Waals surface area contributed by atoms with Crippen molar-refractivity contribution < 1.29 is 19.1 Å². The van der Waals surface area contributed by atoms with Gasteiger partial charge in [0.25, 0.3) is 5.91 Å². The van der Waals surface area contributed by atoms with Crippen molar-refractivity contribution in [3.8, 4) is 0 Å². The number of urea groups is 1. The second-order valence-corrected chi connectivity index (χ2v) is 9.69. The van der Waals surface area contributed by atoms with E-state index in [0.717, 1.165) is 57.6 Å². The summed E-state index contributed by atoms with van der Waals surface area (Å²) in [5, 5.41) is 5.76. The molecule has 9 nitrogen and oxygen atoms in total. The molecule has 0 radical (unpaired) electrons. The van der Waals surface area contributed by atoms with Crippen LogP contribution in [0, 0.1) is 6.92 Å². The van der Waals surface area contributed by atoms with E-state index in [4.69, 9.17) is 4.74 Å². The fourth-order valence-electron chi connectivity index (χ4n) is 5.58. The number of nitrogens with zero attached hydrogens (tertiary/aromatic N) is 3. The number of amides is 4. The molecule has 9 heteroatoms. The third kappa shape index (κ3) is 4.49. The minimum Gasteiger partial charge on any atom is -0.373 e. The molecule has 1 spiro atoms. The Morgan fingerprint density at radius 2 is 1.85 bits per heavy atom. The molecular formula is C24H33N5O4. The van der Waals surface area contributed by atoms with Crippen LogP contribution in [-0.4, -0.2) is 91.7 Å². The fraction of sp³-hybridized carbons (Fsp3) is 0.625. The van der Waals surface area contributed by atoms with Gasteiger partial charge in [0.2, 0.25) is 5.91 Å². The van der Waals surface area contributed by atoms with Crippen LogP contribution in [0.2, 0.25) is 0 Å². The van der Waals surface area contributed by atoms with Crippen molar-refractivity contribution in [3.05, 3.63) is 29.3 Å². The summed E-state index contributed by atoms with van der Waals surface area (Å²) in [5.74, 6) is -0.284. The molecule has 0 saturated carbocycles. The Kier molecular flexibility index (Phi) is 6.11. The number of hydrogen-bond donors (Lipinski definition) is 2. The number of ether oxygens (including phenoxy) is 1. The first kappa shape index (κ1) is 22.3. The van der Waals surface area contributed by atoms with Gasteiger partial charge in [-0.2, -0.15) is 0 Å². The molecule has 4 fully saturated rings. The smallest absolute Gasteiger partial charge is 0.328 e. The van der Waals surface area contributed by atoms with Crippen molar-refractivity contribution >= 4 is 23.5 Å². The van der Waals surface area contributed by atoms with Gasteiger partial charge in [-0.05, 0) is 43.9 Å². The summed E-state index contributed by atoms with van der Waals surface area (Å²) in [5.41, 5.74) is 2.04. The van der Waals surface area contributed by atoms with Crippen LogP contribution in [0.3, 0.4) is 0 Å². The van der Waals surface area contributed by atoms with E-state index in [1.165, 1.54) is 0 Å². The third-order valence-corrected chi connectivity index (χ3v) is 7.62. The number of carbonyl (C=O) groups is 3. The maximum atomic E-state index is 13.3. The molecule has 0 bridgehead atoms. The third-order valence-electron chi connectivity index (χ3n) is 7.62. The molecule has 0 aliphatic carbocycles. The quantitative estimate of drug-likeness (QED) is 0.709. The molecule has 0 aromatic heterocycles. The molecule has 4 heterocycles. The number of hydrogen-bond acceptors (Lipinski definition) is 6. The highest BCUT2D eigenvalue weighted by molar-refractivity contribution is 6.06. The molecule has 33 heavy (non-hydrogen) atoms. The molecule has 0 unspecified atom stereocenters. The number of rotatable bonds is 3. The van der Waals surface area contributed by atoms with Crippen molar-refractivity contribution in [1.29, 1.82) is 0 Å². The van der Waals surface area contributed by atoms with E-state index in [-0.39, 0.29) is 23.8 Å². The molecule has 4 aliphatic rings. The first-order chi connectivity index (χ1) is 15.9. The van der Waals surface area contributed by atoms with Crippen molar-refractivity contribution in [1.82, 2.24) is 20.4 Å². The predicted octanol–water partition coefficient (Wildman–Crippen LogP) is 1.11. The van der Waals surface area contributed by atoms with Crippen LogP contribution in [0.15, 0.2) is 18.2 Å². The van der Waals surface area contributed by atoms with E-state index in [2.05, 4.69) is 15.5 Å². The summed E-state index contributed by atoms with van der Waals surface area (Å²) < 4.78 is 6.34. The highest BCUT2D eigenvalue weighted by atomic mass is 16.5. The highest BCUT2D eigenvalue weighted by Crippen LogP contribution is 2.38. The highest BCUT2D eigenvalue weighted by Gasteiger charge is 2.45. The SMILES string of the molecule is Cc1ccc(C(=O)N2CCC3(CC2)C[C@H](N2CCNCC2)CO3)cc1N1CCC(=O)NC1=O. The Labute approximate surface area is 194 Å². The first-order valence-corrected chi connectivity index (χ1v) is 12.0. The topological polar surface area (TPSA) is 94.2 Å². The van der Waals surface area contributed by atoms with Gasteiger partial charge in [0, 0.05) is 69.5 Å². The van der Waals surface area contributed by atoms with Gasteiger partial charge in [-0.3, -0.25) is 24.7 Å². The summed E-state index contributed by atoms with van der Waals surface area (Å²) in [6.07, 6.45) is 3.02. The van der Waals surface area contributed by atoms with Crippen LogP contribution in [-0.2, 0) is 9.53 Å². The molecule has 1 atom stereocenters. The van der Waals surface area contributed by atoms with E-state index in [0.29, 0.717) is 36.9 Å². The maximum absolute atomic E-state index is 13.3. The van der Waals surface area contributed by atoms with E-state index >= 15 is 0 Å². The summed E-state index contributed by atoms with van der Waals surface area (Å²) in [4.78, 5) is 43.1. The number of piperazine rings is 1. The predicted molar refractivity (Wildman–Crippen MR) is 123 cm³/mol. The van der Waals surface area contributed by atoms with E-state index < -0.39 is 6.03 Å². The van der Waals surface area contributed by atoms with Gasteiger partial charge in [-0.15, -0.1) is 0 Å². The molecule has 5 rings (SSSR count). The monoisotopic (exact) mass is 455 g/mol. The number of likely N-dealkylation sites (tertiary alicyclic amines) is 1. The zero-order chi connectivity index (χ0) is 23.0. The number of aryl methyl sites for hydroxylation is 1.